The summed E-state index contributed by atoms with van der Waals surface area (Å²) in [6.45, 7) is 0.607. The number of benzene rings is 3. The maximum absolute atomic E-state index is 11.6. The van der Waals surface area contributed by atoms with Crippen molar-refractivity contribution in [1.82, 2.24) is 19.6 Å². The van der Waals surface area contributed by atoms with Crippen LogP contribution in [0, 0.1) is 10.1 Å². The van der Waals surface area contributed by atoms with Crippen LogP contribution in [0.2, 0.25) is 0 Å². The fourth-order valence-electron chi connectivity index (χ4n) is 3.75. The summed E-state index contributed by atoms with van der Waals surface area (Å²) in [5, 5.41) is 21.2. The van der Waals surface area contributed by atoms with E-state index in [2.05, 4.69) is 10.2 Å². The second-order valence-electron chi connectivity index (χ2n) is 7.23. The van der Waals surface area contributed by atoms with E-state index in [4.69, 9.17) is 4.98 Å². The van der Waals surface area contributed by atoms with Crippen LogP contribution in [0.25, 0.3) is 27.9 Å². The number of hydrogen-bond donors (Lipinski definition) is 0. The van der Waals surface area contributed by atoms with Crippen molar-refractivity contribution >= 4 is 28.2 Å². The Morgan fingerprint density at radius 3 is 2.45 bits per heavy atom. The van der Waals surface area contributed by atoms with Crippen molar-refractivity contribution in [2.24, 2.45) is 0 Å². The molecule has 3 aromatic carbocycles. The number of hydrogen-bond acceptors (Lipinski definition) is 6. The van der Waals surface area contributed by atoms with E-state index in [1.54, 1.807) is 22.6 Å². The van der Waals surface area contributed by atoms with E-state index in [0.717, 1.165) is 16.5 Å². The molecule has 0 aliphatic carbocycles. The van der Waals surface area contributed by atoms with Gasteiger partial charge in [0.2, 0.25) is 5.95 Å². The van der Waals surface area contributed by atoms with E-state index < -0.39 is 4.92 Å². The van der Waals surface area contributed by atoms with Crippen LogP contribution in [0.15, 0.2) is 78.9 Å². The van der Waals surface area contributed by atoms with Gasteiger partial charge in [0.1, 0.15) is 0 Å². The minimum atomic E-state index is -0.405. The number of fused-ring (bicyclic) bond motifs is 3. The van der Waals surface area contributed by atoms with Gasteiger partial charge in [0.15, 0.2) is 11.5 Å². The Kier molecular flexibility index (Phi) is 4.51. The summed E-state index contributed by atoms with van der Waals surface area (Å²) in [6, 6.07) is 24.3. The summed E-state index contributed by atoms with van der Waals surface area (Å²) in [5.41, 5.74) is 2.88. The van der Waals surface area contributed by atoms with Crippen LogP contribution in [0.3, 0.4) is 0 Å². The molecule has 2 aromatic heterocycles. The lowest BCUT2D eigenvalue weighted by Gasteiger charge is -2.21. The van der Waals surface area contributed by atoms with E-state index in [9.17, 15) is 10.1 Å². The van der Waals surface area contributed by atoms with Gasteiger partial charge in [0, 0.05) is 25.0 Å². The average Bonchev–Trinajstić information content (AvgIpc) is 3.24. The first kappa shape index (κ1) is 18.7. The Labute approximate surface area is 177 Å². The molecule has 0 bridgehead atoms. The molecule has 0 aliphatic rings. The molecular formula is C23H18N6O2. The summed E-state index contributed by atoms with van der Waals surface area (Å²) < 4.78 is 1.80. The Hall–Kier alpha value is -4.33. The van der Waals surface area contributed by atoms with Crippen LogP contribution in [-0.2, 0) is 6.54 Å². The van der Waals surface area contributed by atoms with Gasteiger partial charge in [-0.1, -0.05) is 54.6 Å². The monoisotopic (exact) mass is 410 g/mol. The summed E-state index contributed by atoms with van der Waals surface area (Å²) in [4.78, 5) is 18.1. The molecule has 0 N–H and O–H groups in total. The fraction of sp³-hybridized carbons (Fsp3) is 0.0870. The van der Waals surface area contributed by atoms with Crippen molar-refractivity contribution < 1.29 is 4.92 Å². The number of aromatic nitrogens is 4. The van der Waals surface area contributed by atoms with Crippen molar-refractivity contribution in [1.29, 1.82) is 0 Å². The molecule has 31 heavy (non-hydrogen) atoms. The van der Waals surface area contributed by atoms with Crippen LogP contribution < -0.4 is 4.90 Å². The first-order valence-electron chi connectivity index (χ1n) is 9.76. The maximum Gasteiger partial charge on any atom is 0.280 e. The van der Waals surface area contributed by atoms with Gasteiger partial charge < -0.3 is 4.90 Å². The molecule has 8 nitrogen and oxygen atoms in total. The lowest BCUT2D eigenvalue weighted by molar-refractivity contribution is -0.384. The third-order valence-electron chi connectivity index (χ3n) is 5.17. The molecule has 0 saturated carbocycles. The van der Waals surface area contributed by atoms with Crippen molar-refractivity contribution in [3.05, 3.63) is 94.5 Å². The molecule has 0 radical (unpaired) electrons. The molecule has 2 heterocycles. The molecule has 0 atom stereocenters. The third-order valence-corrected chi connectivity index (χ3v) is 5.17. The lowest BCUT2D eigenvalue weighted by Crippen LogP contribution is -2.21. The van der Waals surface area contributed by atoms with E-state index in [1.165, 1.54) is 6.07 Å². The average molecular weight is 410 g/mol. The van der Waals surface area contributed by atoms with Crippen LogP contribution >= 0.6 is 0 Å². The Bertz CT molecular complexity index is 1410. The number of anilines is 1. The second-order valence-corrected chi connectivity index (χ2v) is 7.23. The number of para-hydroxylation sites is 2. The standard InChI is InChI=1S/C23H18N6O2/c1-27(15-16-9-3-2-4-10-16)23-24-19-13-7-5-11-17(19)21-25-26-22(28(21)23)18-12-6-8-14-20(18)29(30)31/h2-14H,15H2,1H3. The lowest BCUT2D eigenvalue weighted by atomic mass is 10.1. The largest absolute Gasteiger partial charge is 0.341 e. The molecule has 0 unspecified atom stereocenters. The topological polar surface area (TPSA) is 89.5 Å². The number of nitrogens with zero attached hydrogens (tertiary/aromatic N) is 6. The fourth-order valence-corrected chi connectivity index (χ4v) is 3.75. The van der Waals surface area contributed by atoms with Gasteiger partial charge >= 0.3 is 0 Å². The Morgan fingerprint density at radius 2 is 1.65 bits per heavy atom. The van der Waals surface area contributed by atoms with Gasteiger partial charge in [-0.2, -0.15) is 0 Å². The second kappa shape index (κ2) is 7.49. The number of nitro benzene ring substituents is 1. The zero-order valence-corrected chi connectivity index (χ0v) is 16.7. The highest BCUT2D eigenvalue weighted by atomic mass is 16.6. The van der Waals surface area contributed by atoms with E-state index in [1.807, 2.05) is 66.5 Å². The summed E-state index contributed by atoms with van der Waals surface area (Å²) in [7, 11) is 1.94. The molecule has 0 saturated heterocycles. The maximum atomic E-state index is 11.6. The predicted octanol–water partition coefficient (Wildman–Crippen LogP) is 4.49. The van der Waals surface area contributed by atoms with E-state index in [0.29, 0.717) is 29.5 Å². The van der Waals surface area contributed by atoms with Crippen molar-refractivity contribution in [2.75, 3.05) is 11.9 Å². The van der Waals surface area contributed by atoms with Crippen LogP contribution in [0.5, 0.6) is 0 Å². The number of rotatable bonds is 5. The van der Waals surface area contributed by atoms with Gasteiger partial charge in [-0.05, 0) is 23.8 Å². The van der Waals surface area contributed by atoms with Gasteiger partial charge in [-0.15, -0.1) is 10.2 Å². The predicted molar refractivity (Wildman–Crippen MR) is 119 cm³/mol. The van der Waals surface area contributed by atoms with E-state index in [-0.39, 0.29) is 5.69 Å². The molecule has 5 aromatic rings. The highest BCUT2D eigenvalue weighted by Gasteiger charge is 2.23. The van der Waals surface area contributed by atoms with Crippen molar-refractivity contribution in [2.45, 2.75) is 6.54 Å². The zero-order valence-electron chi connectivity index (χ0n) is 16.7. The van der Waals surface area contributed by atoms with Crippen molar-refractivity contribution in [3.63, 3.8) is 0 Å². The summed E-state index contributed by atoms with van der Waals surface area (Å²) in [5.74, 6) is 0.992. The van der Waals surface area contributed by atoms with E-state index >= 15 is 0 Å². The van der Waals surface area contributed by atoms with Gasteiger partial charge in [-0.3, -0.25) is 10.1 Å². The molecule has 0 fully saturated rings. The van der Waals surface area contributed by atoms with Crippen LogP contribution in [-0.4, -0.2) is 31.6 Å². The normalized spacial score (nSPS) is 11.1. The summed E-state index contributed by atoms with van der Waals surface area (Å²) in [6.07, 6.45) is 0. The van der Waals surface area contributed by atoms with Gasteiger partial charge in [0.05, 0.1) is 16.0 Å². The van der Waals surface area contributed by atoms with Crippen molar-refractivity contribution in [3.8, 4) is 11.4 Å². The van der Waals surface area contributed by atoms with Crippen LogP contribution in [0.1, 0.15) is 5.56 Å². The highest BCUT2D eigenvalue weighted by Crippen LogP contribution is 2.32. The molecule has 8 heteroatoms. The molecule has 0 aliphatic heterocycles. The first-order chi connectivity index (χ1) is 15.1. The first-order valence-corrected chi connectivity index (χ1v) is 9.76. The van der Waals surface area contributed by atoms with Gasteiger partial charge in [-0.25, -0.2) is 9.38 Å². The molecule has 0 spiro atoms. The zero-order chi connectivity index (χ0) is 21.4. The summed E-state index contributed by atoms with van der Waals surface area (Å²) >= 11 is 0. The Balaban J connectivity index is 1.78. The quantitative estimate of drug-likeness (QED) is 0.313. The smallest absolute Gasteiger partial charge is 0.280 e. The molecular weight excluding hydrogens is 392 g/mol. The minimum Gasteiger partial charge on any atom is -0.341 e. The molecule has 152 valence electrons. The minimum absolute atomic E-state index is 0.0263. The SMILES string of the molecule is CN(Cc1ccccc1)c1nc2ccccc2c2nnc(-c3ccccc3[N+](=O)[O-])n12. The third kappa shape index (κ3) is 3.24. The Morgan fingerprint density at radius 1 is 0.935 bits per heavy atom. The van der Waals surface area contributed by atoms with Gasteiger partial charge in [0.25, 0.3) is 5.69 Å². The highest BCUT2D eigenvalue weighted by molar-refractivity contribution is 5.93. The molecule has 5 rings (SSSR count). The number of nitro groups is 1. The van der Waals surface area contributed by atoms with Crippen LogP contribution in [0.4, 0.5) is 11.6 Å². The molecule has 0 amide bonds.